The fourth-order valence-corrected chi connectivity index (χ4v) is 7.13. The number of hydrogen-bond donors (Lipinski definition) is 0. The van der Waals surface area contributed by atoms with Crippen LogP contribution in [-0.2, 0) is 4.57 Å². The van der Waals surface area contributed by atoms with Crippen LogP contribution in [0.4, 0.5) is 0 Å². The van der Waals surface area contributed by atoms with Gasteiger partial charge in [-0.1, -0.05) is 100.0 Å². The molecule has 0 saturated heterocycles. The molecule has 1 nitrogen and oxygen atoms in total. The molecule has 0 N–H and O–H groups in total. The fourth-order valence-electron chi connectivity index (χ4n) is 3.77. The SMILES string of the molecule is CC(C)P(=O)(c1ccccc1-c1ccc(Cl)cc1-c1ccccc1)C(C)C. The van der Waals surface area contributed by atoms with Crippen LogP contribution in [0.15, 0.2) is 72.8 Å². The van der Waals surface area contributed by atoms with Crippen LogP contribution in [0.2, 0.25) is 5.02 Å². The first-order valence-electron chi connectivity index (χ1n) is 9.40. The first-order chi connectivity index (χ1) is 12.9. The van der Waals surface area contributed by atoms with Gasteiger partial charge in [-0.2, -0.15) is 0 Å². The standard InChI is InChI=1S/C24H26ClOP/c1-17(2)27(26,18(3)4)24-13-9-8-12-22(24)21-15-14-20(25)16-23(21)19-10-6-5-7-11-19/h5-18H,1-4H3. The van der Waals surface area contributed by atoms with E-state index < -0.39 is 7.14 Å². The zero-order chi connectivity index (χ0) is 19.6. The topological polar surface area (TPSA) is 17.1 Å². The molecule has 0 aliphatic heterocycles. The minimum absolute atomic E-state index is 0.0890. The molecule has 27 heavy (non-hydrogen) atoms. The lowest BCUT2D eigenvalue weighted by Crippen LogP contribution is -2.21. The molecule has 0 saturated carbocycles. The van der Waals surface area contributed by atoms with Crippen LogP contribution >= 0.6 is 18.7 Å². The molecule has 0 aliphatic carbocycles. The summed E-state index contributed by atoms with van der Waals surface area (Å²) in [6.45, 7) is 8.27. The van der Waals surface area contributed by atoms with Crippen molar-refractivity contribution < 1.29 is 4.57 Å². The summed E-state index contributed by atoms with van der Waals surface area (Å²) in [7, 11) is -2.57. The largest absolute Gasteiger partial charge is 0.318 e. The van der Waals surface area contributed by atoms with Gasteiger partial charge < -0.3 is 4.57 Å². The maximum atomic E-state index is 14.1. The van der Waals surface area contributed by atoms with Crippen molar-refractivity contribution in [2.24, 2.45) is 0 Å². The summed E-state index contributed by atoms with van der Waals surface area (Å²) < 4.78 is 14.1. The second-order valence-corrected chi connectivity index (χ2v) is 11.9. The Morgan fingerprint density at radius 3 is 1.93 bits per heavy atom. The predicted octanol–water partition coefficient (Wildman–Crippen LogP) is 7.48. The Balaban J connectivity index is 2.31. The summed E-state index contributed by atoms with van der Waals surface area (Å²) in [5, 5.41) is 1.67. The molecule has 140 valence electrons. The van der Waals surface area contributed by atoms with Gasteiger partial charge in [0, 0.05) is 21.6 Å². The van der Waals surface area contributed by atoms with Gasteiger partial charge in [0.2, 0.25) is 0 Å². The highest BCUT2D eigenvalue weighted by atomic mass is 35.5. The molecule has 0 bridgehead atoms. The van der Waals surface area contributed by atoms with Gasteiger partial charge >= 0.3 is 0 Å². The zero-order valence-corrected chi connectivity index (χ0v) is 18.0. The van der Waals surface area contributed by atoms with E-state index in [0.29, 0.717) is 5.02 Å². The lowest BCUT2D eigenvalue weighted by Gasteiger charge is -2.29. The van der Waals surface area contributed by atoms with Gasteiger partial charge in [0.05, 0.1) is 0 Å². The number of hydrogen-bond acceptors (Lipinski definition) is 1. The van der Waals surface area contributed by atoms with Crippen molar-refractivity contribution in [3.8, 4) is 22.3 Å². The van der Waals surface area contributed by atoms with Crippen molar-refractivity contribution in [2.75, 3.05) is 0 Å². The van der Waals surface area contributed by atoms with Crippen molar-refractivity contribution in [3.05, 3.63) is 77.8 Å². The second kappa shape index (κ2) is 8.05. The van der Waals surface area contributed by atoms with Crippen LogP contribution in [0.5, 0.6) is 0 Å². The lowest BCUT2D eigenvalue weighted by molar-refractivity contribution is 0.569. The monoisotopic (exact) mass is 396 g/mol. The molecule has 3 rings (SSSR count). The second-order valence-electron chi connectivity index (χ2n) is 7.47. The van der Waals surface area contributed by atoms with Crippen LogP contribution in [0.1, 0.15) is 27.7 Å². The molecule has 0 unspecified atom stereocenters. The van der Waals surface area contributed by atoms with Gasteiger partial charge in [-0.15, -0.1) is 0 Å². The van der Waals surface area contributed by atoms with Crippen molar-refractivity contribution in [1.82, 2.24) is 0 Å². The maximum Gasteiger partial charge on any atom is 0.121 e. The molecular formula is C24H26ClOP. The Morgan fingerprint density at radius 2 is 1.30 bits per heavy atom. The Morgan fingerprint density at radius 1 is 0.704 bits per heavy atom. The molecule has 0 spiro atoms. The smallest absolute Gasteiger partial charge is 0.121 e. The number of halogens is 1. The Hall–Kier alpha value is -1.82. The van der Waals surface area contributed by atoms with Gasteiger partial charge in [-0.25, -0.2) is 0 Å². The third-order valence-electron chi connectivity index (χ3n) is 5.17. The summed E-state index contributed by atoms with van der Waals surface area (Å²) in [4.78, 5) is 0. The van der Waals surface area contributed by atoms with Gasteiger partial charge in [0.15, 0.2) is 0 Å². The molecule has 3 aromatic rings. The molecule has 3 aromatic carbocycles. The fraction of sp³-hybridized carbons (Fsp3) is 0.250. The summed E-state index contributed by atoms with van der Waals surface area (Å²) in [6, 6.07) is 24.3. The van der Waals surface area contributed by atoms with Crippen molar-refractivity contribution in [3.63, 3.8) is 0 Å². The summed E-state index contributed by atoms with van der Waals surface area (Å²) in [5.41, 5.74) is 4.46. The quantitative estimate of drug-likeness (QED) is 0.408. The van der Waals surface area contributed by atoms with E-state index in [4.69, 9.17) is 11.6 Å². The van der Waals surface area contributed by atoms with E-state index in [1.165, 1.54) is 0 Å². The Labute approximate surface area is 167 Å². The summed E-state index contributed by atoms with van der Waals surface area (Å²) in [5.74, 6) is 0. The maximum absolute atomic E-state index is 14.1. The zero-order valence-electron chi connectivity index (χ0n) is 16.3. The minimum Gasteiger partial charge on any atom is -0.318 e. The van der Waals surface area contributed by atoms with E-state index in [9.17, 15) is 4.57 Å². The molecule has 0 aromatic heterocycles. The highest BCUT2D eigenvalue weighted by Crippen LogP contribution is 2.55. The Bertz CT molecular complexity index is 965. The van der Waals surface area contributed by atoms with Crippen LogP contribution in [-0.4, -0.2) is 11.3 Å². The van der Waals surface area contributed by atoms with Gasteiger partial charge in [-0.05, 0) is 34.4 Å². The number of rotatable bonds is 5. The van der Waals surface area contributed by atoms with Crippen LogP contribution < -0.4 is 5.30 Å². The molecule has 0 radical (unpaired) electrons. The minimum atomic E-state index is -2.57. The molecule has 0 aliphatic rings. The molecule has 0 amide bonds. The van der Waals surface area contributed by atoms with E-state index in [1.54, 1.807) is 0 Å². The van der Waals surface area contributed by atoms with Crippen LogP contribution in [0.3, 0.4) is 0 Å². The highest BCUT2D eigenvalue weighted by molar-refractivity contribution is 7.73. The lowest BCUT2D eigenvalue weighted by atomic mass is 9.94. The van der Waals surface area contributed by atoms with E-state index in [2.05, 4.69) is 52.0 Å². The van der Waals surface area contributed by atoms with Crippen molar-refractivity contribution in [2.45, 2.75) is 39.0 Å². The van der Waals surface area contributed by atoms with E-state index in [0.717, 1.165) is 27.6 Å². The predicted molar refractivity (Wildman–Crippen MR) is 120 cm³/mol. The van der Waals surface area contributed by atoms with E-state index in [-0.39, 0.29) is 11.3 Å². The van der Waals surface area contributed by atoms with Gasteiger partial charge in [-0.3, -0.25) is 0 Å². The summed E-state index contributed by atoms with van der Waals surface area (Å²) in [6.07, 6.45) is 0. The van der Waals surface area contributed by atoms with E-state index >= 15 is 0 Å². The molecule has 3 heteroatoms. The number of benzene rings is 3. The average molecular weight is 397 g/mol. The van der Waals surface area contributed by atoms with Crippen molar-refractivity contribution >= 4 is 24.0 Å². The third-order valence-corrected chi connectivity index (χ3v) is 9.62. The van der Waals surface area contributed by atoms with E-state index in [1.807, 2.05) is 48.5 Å². The Kier molecular flexibility index (Phi) is 5.94. The first-order valence-corrected chi connectivity index (χ1v) is 11.6. The van der Waals surface area contributed by atoms with Gasteiger partial charge in [0.1, 0.15) is 7.14 Å². The van der Waals surface area contributed by atoms with Crippen molar-refractivity contribution in [1.29, 1.82) is 0 Å². The molecule has 0 fully saturated rings. The first kappa shape index (κ1) is 19.9. The van der Waals surface area contributed by atoms with Gasteiger partial charge in [0.25, 0.3) is 0 Å². The summed E-state index contributed by atoms with van der Waals surface area (Å²) >= 11 is 6.33. The highest BCUT2D eigenvalue weighted by Gasteiger charge is 2.34. The van der Waals surface area contributed by atoms with Crippen LogP contribution in [0, 0.1) is 0 Å². The molecular weight excluding hydrogens is 371 g/mol. The molecule has 0 atom stereocenters. The molecule has 0 heterocycles. The normalized spacial score (nSPS) is 12.0. The third kappa shape index (κ3) is 3.77. The van der Waals surface area contributed by atoms with Crippen LogP contribution in [0.25, 0.3) is 22.3 Å². The average Bonchev–Trinajstić information content (AvgIpc) is 2.67.